The molecule has 0 radical (unpaired) electrons. The Morgan fingerprint density at radius 1 is 1.29 bits per heavy atom. The van der Waals surface area contributed by atoms with Gasteiger partial charge in [0.15, 0.2) is 0 Å². The van der Waals surface area contributed by atoms with Crippen LogP contribution in [0.5, 0.6) is 5.75 Å². The van der Waals surface area contributed by atoms with E-state index < -0.39 is 0 Å². The SMILES string of the molecule is CCOc1ccc(C2NCC(=O)N2CCC(C)(C)C)cc1. The van der Waals surface area contributed by atoms with Gasteiger partial charge in [0.1, 0.15) is 11.9 Å². The zero-order valence-corrected chi connectivity index (χ0v) is 13.5. The van der Waals surface area contributed by atoms with E-state index >= 15 is 0 Å². The molecule has 0 saturated carbocycles. The molecule has 1 unspecified atom stereocenters. The second kappa shape index (κ2) is 6.48. The number of hydrogen-bond acceptors (Lipinski definition) is 3. The average Bonchev–Trinajstić information content (AvgIpc) is 2.78. The molecule has 1 aromatic carbocycles. The van der Waals surface area contributed by atoms with Gasteiger partial charge in [-0.3, -0.25) is 10.1 Å². The number of carbonyl (C=O) groups excluding carboxylic acids is 1. The number of benzene rings is 1. The van der Waals surface area contributed by atoms with Crippen LogP contribution in [0.4, 0.5) is 0 Å². The highest BCUT2D eigenvalue weighted by atomic mass is 16.5. The van der Waals surface area contributed by atoms with Crippen molar-refractivity contribution >= 4 is 5.91 Å². The van der Waals surface area contributed by atoms with Crippen LogP contribution in [0.25, 0.3) is 0 Å². The highest BCUT2D eigenvalue weighted by molar-refractivity contribution is 5.80. The number of hydrogen-bond donors (Lipinski definition) is 1. The number of rotatable bonds is 5. The summed E-state index contributed by atoms with van der Waals surface area (Å²) in [5.74, 6) is 1.05. The predicted octanol–water partition coefficient (Wildman–Crippen LogP) is 2.95. The van der Waals surface area contributed by atoms with Crippen LogP contribution in [0.1, 0.15) is 45.8 Å². The number of carbonyl (C=O) groups is 1. The van der Waals surface area contributed by atoms with E-state index in [0.717, 1.165) is 24.3 Å². The molecule has 4 nitrogen and oxygen atoms in total. The standard InChI is InChI=1S/C17H26N2O2/c1-5-21-14-8-6-13(7-9-14)16-18-12-15(20)19(16)11-10-17(2,3)4/h6-9,16,18H,5,10-12H2,1-4H3. The fraction of sp³-hybridized carbons (Fsp3) is 0.588. The van der Waals surface area contributed by atoms with Crippen LogP contribution in [-0.2, 0) is 4.79 Å². The van der Waals surface area contributed by atoms with E-state index in [2.05, 4.69) is 26.1 Å². The molecule has 1 fully saturated rings. The molecule has 1 N–H and O–H groups in total. The third kappa shape index (κ3) is 4.21. The zero-order valence-electron chi connectivity index (χ0n) is 13.5. The molecule has 1 heterocycles. The first-order valence-electron chi connectivity index (χ1n) is 7.66. The lowest BCUT2D eigenvalue weighted by molar-refractivity contribution is -0.128. The van der Waals surface area contributed by atoms with Crippen LogP contribution in [0.2, 0.25) is 0 Å². The average molecular weight is 290 g/mol. The second-order valence-corrected chi connectivity index (χ2v) is 6.68. The van der Waals surface area contributed by atoms with Crippen LogP contribution >= 0.6 is 0 Å². The quantitative estimate of drug-likeness (QED) is 0.906. The van der Waals surface area contributed by atoms with E-state index in [4.69, 9.17) is 4.74 Å². The smallest absolute Gasteiger partial charge is 0.238 e. The third-order valence-corrected chi connectivity index (χ3v) is 3.69. The predicted molar refractivity (Wildman–Crippen MR) is 84.1 cm³/mol. The van der Waals surface area contributed by atoms with Gasteiger partial charge in [-0.2, -0.15) is 0 Å². The number of amides is 1. The van der Waals surface area contributed by atoms with Crippen molar-refractivity contribution < 1.29 is 9.53 Å². The minimum absolute atomic E-state index is 0.0180. The molecule has 21 heavy (non-hydrogen) atoms. The van der Waals surface area contributed by atoms with Gasteiger partial charge in [-0.25, -0.2) is 0 Å². The van der Waals surface area contributed by atoms with Crippen molar-refractivity contribution in [2.24, 2.45) is 5.41 Å². The third-order valence-electron chi connectivity index (χ3n) is 3.69. The van der Waals surface area contributed by atoms with Crippen LogP contribution < -0.4 is 10.1 Å². The summed E-state index contributed by atoms with van der Waals surface area (Å²) in [5.41, 5.74) is 1.34. The van der Waals surface area contributed by atoms with Crippen LogP contribution in [-0.4, -0.2) is 30.5 Å². The van der Waals surface area contributed by atoms with Crippen LogP contribution in [0, 0.1) is 5.41 Å². The maximum Gasteiger partial charge on any atom is 0.238 e. The normalized spacial score (nSPS) is 19.1. The lowest BCUT2D eigenvalue weighted by Crippen LogP contribution is -2.33. The molecule has 1 atom stereocenters. The monoisotopic (exact) mass is 290 g/mol. The molecule has 1 saturated heterocycles. The molecule has 116 valence electrons. The number of nitrogens with one attached hydrogen (secondary N) is 1. The maximum absolute atomic E-state index is 12.1. The van der Waals surface area contributed by atoms with Crippen molar-refractivity contribution in [1.82, 2.24) is 10.2 Å². The highest BCUT2D eigenvalue weighted by Crippen LogP contribution is 2.27. The molecule has 1 aromatic rings. The van der Waals surface area contributed by atoms with Gasteiger partial charge in [0.2, 0.25) is 5.91 Å². The molecule has 1 aliphatic heterocycles. The minimum Gasteiger partial charge on any atom is -0.494 e. The van der Waals surface area contributed by atoms with E-state index in [1.54, 1.807) is 0 Å². The van der Waals surface area contributed by atoms with Crippen molar-refractivity contribution in [2.75, 3.05) is 19.7 Å². The summed E-state index contributed by atoms with van der Waals surface area (Å²) in [5, 5.41) is 3.30. The van der Waals surface area contributed by atoms with Gasteiger partial charge in [-0.05, 0) is 36.5 Å². The van der Waals surface area contributed by atoms with Gasteiger partial charge < -0.3 is 9.64 Å². The van der Waals surface area contributed by atoms with Gasteiger partial charge in [0, 0.05) is 6.54 Å². The summed E-state index contributed by atoms with van der Waals surface area (Å²) in [7, 11) is 0. The Bertz CT molecular complexity index is 477. The largest absolute Gasteiger partial charge is 0.494 e. The molecule has 1 amide bonds. The minimum atomic E-state index is -0.0180. The van der Waals surface area contributed by atoms with Crippen LogP contribution in [0.15, 0.2) is 24.3 Å². The lowest BCUT2D eigenvalue weighted by atomic mass is 9.92. The number of nitrogens with zero attached hydrogens (tertiary/aromatic N) is 1. The molecule has 0 aromatic heterocycles. The van der Waals surface area contributed by atoms with E-state index in [9.17, 15) is 4.79 Å². The fourth-order valence-corrected chi connectivity index (χ4v) is 2.46. The van der Waals surface area contributed by atoms with Crippen molar-refractivity contribution in [3.63, 3.8) is 0 Å². The fourth-order valence-electron chi connectivity index (χ4n) is 2.46. The summed E-state index contributed by atoms with van der Waals surface area (Å²) in [6.07, 6.45) is 0.976. The van der Waals surface area contributed by atoms with E-state index in [-0.39, 0.29) is 17.5 Å². The summed E-state index contributed by atoms with van der Waals surface area (Å²) >= 11 is 0. The Morgan fingerprint density at radius 2 is 1.95 bits per heavy atom. The van der Waals surface area contributed by atoms with Crippen molar-refractivity contribution in [1.29, 1.82) is 0 Å². The van der Waals surface area contributed by atoms with Crippen molar-refractivity contribution in [3.8, 4) is 5.75 Å². The highest BCUT2D eigenvalue weighted by Gasteiger charge is 2.31. The lowest BCUT2D eigenvalue weighted by Gasteiger charge is -2.28. The molecule has 0 bridgehead atoms. The van der Waals surface area contributed by atoms with Crippen LogP contribution in [0.3, 0.4) is 0 Å². The molecule has 2 rings (SSSR count). The number of ether oxygens (including phenoxy) is 1. The molecule has 0 aliphatic carbocycles. The first kappa shape index (κ1) is 15.8. The Hall–Kier alpha value is -1.55. The molecular formula is C17H26N2O2. The Balaban J connectivity index is 2.07. The first-order chi connectivity index (χ1) is 9.90. The van der Waals surface area contributed by atoms with Gasteiger partial charge in [0.25, 0.3) is 0 Å². The molecular weight excluding hydrogens is 264 g/mol. The zero-order chi connectivity index (χ0) is 15.5. The van der Waals surface area contributed by atoms with E-state index in [0.29, 0.717) is 13.2 Å². The summed E-state index contributed by atoms with van der Waals surface area (Å²) in [6, 6.07) is 7.99. The van der Waals surface area contributed by atoms with Gasteiger partial charge in [-0.1, -0.05) is 32.9 Å². The first-order valence-corrected chi connectivity index (χ1v) is 7.66. The Kier molecular flexibility index (Phi) is 4.88. The van der Waals surface area contributed by atoms with Gasteiger partial charge in [0.05, 0.1) is 13.2 Å². The van der Waals surface area contributed by atoms with Gasteiger partial charge in [-0.15, -0.1) is 0 Å². The van der Waals surface area contributed by atoms with Crippen molar-refractivity contribution in [3.05, 3.63) is 29.8 Å². The Labute approximate surface area is 127 Å². The Morgan fingerprint density at radius 3 is 2.52 bits per heavy atom. The van der Waals surface area contributed by atoms with Gasteiger partial charge >= 0.3 is 0 Å². The second-order valence-electron chi connectivity index (χ2n) is 6.68. The molecule has 0 spiro atoms. The summed E-state index contributed by atoms with van der Waals surface area (Å²) < 4.78 is 5.46. The molecule has 4 heteroatoms. The van der Waals surface area contributed by atoms with Crippen molar-refractivity contribution in [2.45, 2.75) is 40.3 Å². The summed E-state index contributed by atoms with van der Waals surface area (Å²) in [6.45, 7) is 10.4. The summed E-state index contributed by atoms with van der Waals surface area (Å²) in [4.78, 5) is 14.0. The van der Waals surface area contributed by atoms with E-state index in [1.165, 1.54) is 0 Å². The van der Waals surface area contributed by atoms with E-state index in [1.807, 2.05) is 36.1 Å². The molecule has 1 aliphatic rings. The maximum atomic E-state index is 12.1. The topological polar surface area (TPSA) is 41.6 Å².